The molecule has 8 unspecified atom stereocenters. The minimum absolute atomic E-state index is 0.0231. The molecule has 4 aliphatic rings. The molecule has 0 aromatic heterocycles. The molecule has 8 atom stereocenters. The average molecular weight is 524 g/mol. The van der Waals surface area contributed by atoms with Gasteiger partial charge in [0.25, 0.3) is 5.09 Å². The van der Waals surface area contributed by atoms with Gasteiger partial charge in [-0.1, -0.05) is 31.6 Å². The van der Waals surface area contributed by atoms with Crippen molar-refractivity contribution in [3.05, 3.63) is 33.9 Å². The average Bonchev–Trinajstić information content (AvgIpc) is 3.03. The van der Waals surface area contributed by atoms with E-state index in [1.165, 1.54) is 6.08 Å². The fourth-order valence-corrected chi connectivity index (χ4v) is 7.73. The van der Waals surface area contributed by atoms with Crippen molar-refractivity contribution in [2.45, 2.75) is 76.7 Å². The molecule has 11 heteroatoms. The van der Waals surface area contributed by atoms with E-state index in [1.54, 1.807) is 26.8 Å². The van der Waals surface area contributed by atoms with Gasteiger partial charge in [-0.3, -0.25) is 14.4 Å². The number of nitrogens with zero attached hydrogens (tertiary/aromatic N) is 1. The van der Waals surface area contributed by atoms with Crippen LogP contribution in [0.4, 0.5) is 4.39 Å². The Kier molecular flexibility index (Phi) is 6.86. The molecular weight excluding hydrogens is 489 g/mol. The van der Waals surface area contributed by atoms with Gasteiger partial charge in [0, 0.05) is 29.6 Å². The monoisotopic (exact) mass is 523 g/mol. The molecule has 2 N–H and O–H groups in total. The van der Waals surface area contributed by atoms with Crippen LogP contribution < -0.4 is 0 Å². The third kappa shape index (κ3) is 3.93. The number of ether oxygens (including phenoxy) is 1. The van der Waals surface area contributed by atoms with Gasteiger partial charge in [-0.2, -0.15) is 0 Å². The summed E-state index contributed by atoms with van der Waals surface area (Å²) in [5, 5.41) is 32.4. The zero-order valence-corrected chi connectivity index (χ0v) is 21.3. The molecule has 0 amide bonds. The summed E-state index contributed by atoms with van der Waals surface area (Å²) in [6.45, 7) is 4.10. The number of alkyl halides is 1. The Balaban J connectivity index is 1.54. The van der Waals surface area contributed by atoms with Crippen molar-refractivity contribution in [3.63, 3.8) is 0 Å². The molecule has 204 valence electrons. The summed E-state index contributed by atoms with van der Waals surface area (Å²) in [6, 6.07) is 0. The minimum Gasteiger partial charge on any atom is -0.458 e. The second kappa shape index (κ2) is 9.27. The van der Waals surface area contributed by atoms with Crippen LogP contribution in [-0.4, -0.2) is 63.4 Å². The number of hydrogen-bond acceptors (Lipinski definition) is 9. The van der Waals surface area contributed by atoms with Gasteiger partial charge in [-0.15, -0.1) is 10.1 Å². The summed E-state index contributed by atoms with van der Waals surface area (Å²) in [4.78, 5) is 51.7. The number of allylic oxidation sites excluding steroid dienone is 4. The highest BCUT2D eigenvalue weighted by Crippen LogP contribution is 2.70. The lowest BCUT2D eigenvalue weighted by Crippen LogP contribution is -2.69. The number of carbonyl (C=O) groups is 3. The Hall–Kier alpha value is -2.66. The predicted octanol–water partition coefficient (Wildman–Crippen LogP) is 2.44. The smallest absolute Gasteiger partial charge is 0.306 e. The molecule has 4 aliphatic carbocycles. The van der Waals surface area contributed by atoms with Gasteiger partial charge in [-0.25, -0.2) is 4.39 Å². The number of ketones is 2. The van der Waals surface area contributed by atoms with Crippen LogP contribution in [0, 0.1) is 38.7 Å². The zero-order chi connectivity index (χ0) is 27.4. The summed E-state index contributed by atoms with van der Waals surface area (Å²) >= 11 is 0. The van der Waals surface area contributed by atoms with Gasteiger partial charge in [0.15, 0.2) is 18.1 Å². The van der Waals surface area contributed by atoms with Crippen molar-refractivity contribution >= 4 is 17.5 Å². The van der Waals surface area contributed by atoms with E-state index in [9.17, 15) is 34.7 Å². The maximum Gasteiger partial charge on any atom is 0.306 e. The highest BCUT2D eigenvalue weighted by atomic mass is 19.1. The van der Waals surface area contributed by atoms with Gasteiger partial charge < -0.3 is 19.8 Å². The first-order valence-corrected chi connectivity index (χ1v) is 12.7. The number of hydrogen-bond donors (Lipinski definition) is 2. The van der Waals surface area contributed by atoms with Crippen LogP contribution in [0.3, 0.4) is 0 Å². The van der Waals surface area contributed by atoms with Crippen LogP contribution in [0.25, 0.3) is 0 Å². The van der Waals surface area contributed by atoms with Crippen molar-refractivity contribution in [1.82, 2.24) is 0 Å². The first-order chi connectivity index (χ1) is 17.2. The molecule has 0 spiro atoms. The molecule has 2 fully saturated rings. The standard InChI is InChI=1S/C26H34FNO9/c1-15-11-19-18-7-6-16-12-17(29)8-9-23(16,2)25(18,27)20(30)13-24(19,3)26(15,33)21(31)14-36-22(32)5-4-10-37-28(34)35/h6,8-9,15,18-20,30,33H,4-5,7,10-14H2,1-3H3. The van der Waals surface area contributed by atoms with Crippen molar-refractivity contribution in [3.8, 4) is 0 Å². The maximum atomic E-state index is 17.2. The van der Waals surface area contributed by atoms with Gasteiger partial charge in [0.05, 0.1) is 12.7 Å². The molecular formula is C26H34FNO9. The van der Waals surface area contributed by atoms with E-state index in [-0.39, 0.29) is 44.5 Å². The number of Topliss-reactive ketones (excluding diaryl/α,β-unsaturated/α-hetero) is 1. The largest absolute Gasteiger partial charge is 0.458 e. The van der Waals surface area contributed by atoms with Crippen molar-refractivity contribution in [2.75, 3.05) is 13.2 Å². The molecule has 0 aromatic rings. The van der Waals surface area contributed by atoms with Crippen LogP contribution in [0.2, 0.25) is 0 Å². The summed E-state index contributed by atoms with van der Waals surface area (Å²) in [5.74, 6) is -3.32. The predicted molar refractivity (Wildman–Crippen MR) is 126 cm³/mol. The van der Waals surface area contributed by atoms with E-state index in [4.69, 9.17) is 4.74 Å². The van der Waals surface area contributed by atoms with Crippen LogP contribution in [0.5, 0.6) is 0 Å². The van der Waals surface area contributed by atoms with Crippen LogP contribution in [-0.2, 0) is 24.0 Å². The number of esters is 1. The molecule has 0 radical (unpaired) electrons. The number of fused-ring (bicyclic) bond motifs is 5. The number of carbonyl (C=O) groups excluding carboxylic acids is 3. The number of aliphatic hydroxyl groups excluding tert-OH is 1. The number of halogens is 1. The van der Waals surface area contributed by atoms with E-state index in [1.807, 2.05) is 6.08 Å². The molecule has 0 aliphatic heterocycles. The van der Waals surface area contributed by atoms with Gasteiger partial charge in [0.2, 0.25) is 5.78 Å². The van der Waals surface area contributed by atoms with Gasteiger partial charge in [0.1, 0.15) is 5.60 Å². The molecule has 0 bridgehead atoms. The molecule has 0 heterocycles. The maximum absolute atomic E-state index is 17.2. The Labute approximate surface area is 214 Å². The fourth-order valence-electron chi connectivity index (χ4n) is 7.73. The Morgan fingerprint density at radius 1 is 1.30 bits per heavy atom. The summed E-state index contributed by atoms with van der Waals surface area (Å²) in [7, 11) is 0. The topological polar surface area (TPSA) is 153 Å². The number of rotatable bonds is 8. The fraction of sp³-hybridized carbons (Fsp3) is 0.731. The molecule has 37 heavy (non-hydrogen) atoms. The van der Waals surface area contributed by atoms with E-state index in [0.29, 0.717) is 12.0 Å². The molecule has 0 saturated heterocycles. The van der Waals surface area contributed by atoms with Crippen molar-refractivity contribution in [2.24, 2.45) is 28.6 Å². The van der Waals surface area contributed by atoms with E-state index in [2.05, 4.69) is 4.84 Å². The van der Waals surface area contributed by atoms with Crippen molar-refractivity contribution < 1.29 is 43.6 Å². The molecule has 2 saturated carbocycles. The Bertz CT molecular complexity index is 1070. The highest BCUT2D eigenvalue weighted by molar-refractivity contribution is 5.94. The first kappa shape index (κ1) is 27.4. The summed E-state index contributed by atoms with van der Waals surface area (Å²) in [5.41, 5.74) is -5.74. The SMILES string of the molecule is CC1CC2C3CC=C4CC(=O)C=CC4(C)C3(F)C(O)CC2(C)C1(O)C(=O)COC(=O)CCCO[N+](=O)[O-]. The van der Waals surface area contributed by atoms with Crippen LogP contribution in [0.1, 0.15) is 59.3 Å². The lowest BCUT2D eigenvalue weighted by molar-refractivity contribution is -0.757. The second-order valence-electron chi connectivity index (χ2n) is 11.4. The third-order valence-electron chi connectivity index (χ3n) is 9.70. The van der Waals surface area contributed by atoms with E-state index in [0.717, 1.165) is 0 Å². The normalized spacial score (nSPS) is 42.2. The second-order valence-corrected chi connectivity index (χ2v) is 11.4. The Morgan fingerprint density at radius 3 is 2.68 bits per heavy atom. The van der Waals surface area contributed by atoms with Gasteiger partial charge >= 0.3 is 5.97 Å². The lowest BCUT2D eigenvalue weighted by Gasteiger charge is -2.62. The Morgan fingerprint density at radius 2 is 2.00 bits per heavy atom. The van der Waals surface area contributed by atoms with Crippen molar-refractivity contribution in [1.29, 1.82) is 0 Å². The van der Waals surface area contributed by atoms with E-state index >= 15 is 4.39 Å². The van der Waals surface area contributed by atoms with Crippen LogP contribution >= 0.6 is 0 Å². The van der Waals surface area contributed by atoms with Gasteiger partial charge in [-0.05, 0) is 50.5 Å². The molecule has 0 aromatic carbocycles. The number of aliphatic hydroxyl groups is 2. The lowest BCUT2D eigenvalue weighted by atomic mass is 9.45. The summed E-state index contributed by atoms with van der Waals surface area (Å²) < 4.78 is 22.2. The first-order valence-electron chi connectivity index (χ1n) is 12.7. The quantitative estimate of drug-likeness (QED) is 0.161. The van der Waals surface area contributed by atoms with Crippen LogP contribution in [0.15, 0.2) is 23.8 Å². The minimum atomic E-state index is -2.08. The molecule has 4 rings (SSSR count). The highest BCUT2D eigenvalue weighted by Gasteiger charge is 2.75. The zero-order valence-electron chi connectivity index (χ0n) is 21.3. The van der Waals surface area contributed by atoms with E-state index < -0.39 is 69.4 Å². The third-order valence-corrected chi connectivity index (χ3v) is 9.70. The summed E-state index contributed by atoms with van der Waals surface area (Å²) in [6.07, 6.45) is 3.66. The molecule has 10 nitrogen and oxygen atoms in total.